The molecule has 3 aliphatic heterocycles. The highest BCUT2D eigenvalue weighted by atomic mass is 32.2. The van der Waals surface area contributed by atoms with E-state index in [1.165, 1.54) is 25.7 Å². The summed E-state index contributed by atoms with van der Waals surface area (Å²) in [5.74, 6) is 1.24. The van der Waals surface area contributed by atoms with Crippen molar-refractivity contribution in [1.82, 2.24) is 10.2 Å². The van der Waals surface area contributed by atoms with E-state index >= 15 is 0 Å². The predicted octanol–water partition coefficient (Wildman–Crippen LogP) is 1.03. The molecule has 0 aliphatic carbocycles. The van der Waals surface area contributed by atoms with Gasteiger partial charge in [-0.2, -0.15) is 0 Å². The number of fused-ring (bicyclic) bond motifs is 2. The molecule has 3 atom stereocenters. The second-order valence-electron chi connectivity index (χ2n) is 6.58. The molecule has 3 fully saturated rings. The molecule has 3 aliphatic rings. The minimum absolute atomic E-state index is 0.392. The van der Waals surface area contributed by atoms with Crippen molar-refractivity contribution in [3.05, 3.63) is 0 Å². The summed E-state index contributed by atoms with van der Waals surface area (Å²) in [7, 11) is -2.72. The fraction of sp³-hybridized carbons (Fsp3) is 1.00. The van der Waals surface area contributed by atoms with Gasteiger partial charge in [0.15, 0.2) is 9.84 Å². The Morgan fingerprint density at radius 2 is 1.84 bits per heavy atom. The fourth-order valence-corrected chi connectivity index (χ4v) is 6.19. The Hall–Kier alpha value is -0.130. The van der Waals surface area contributed by atoms with Gasteiger partial charge in [-0.3, -0.25) is 4.90 Å². The summed E-state index contributed by atoms with van der Waals surface area (Å²) in [6.07, 6.45) is 6.01. The van der Waals surface area contributed by atoms with Crippen molar-refractivity contribution in [2.45, 2.75) is 57.2 Å². The Balaban J connectivity index is 1.58. The lowest BCUT2D eigenvalue weighted by atomic mass is 9.95. The maximum absolute atomic E-state index is 11.6. The van der Waals surface area contributed by atoms with Gasteiger partial charge in [0.2, 0.25) is 0 Å². The van der Waals surface area contributed by atoms with E-state index in [9.17, 15) is 8.42 Å². The van der Waals surface area contributed by atoms with Crippen LogP contribution in [0.2, 0.25) is 0 Å². The lowest BCUT2D eigenvalue weighted by molar-refractivity contribution is 0.102. The van der Waals surface area contributed by atoms with Crippen molar-refractivity contribution < 1.29 is 8.42 Å². The molecule has 0 radical (unpaired) electrons. The predicted molar refractivity (Wildman–Crippen MR) is 77.0 cm³/mol. The third-order valence-electron chi connectivity index (χ3n) is 5.17. The summed E-state index contributed by atoms with van der Waals surface area (Å²) in [4.78, 5) is 2.64. The van der Waals surface area contributed by atoms with Crippen LogP contribution in [-0.2, 0) is 9.84 Å². The Morgan fingerprint density at radius 1 is 1.16 bits per heavy atom. The summed E-state index contributed by atoms with van der Waals surface area (Å²) < 4.78 is 23.1. The van der Waals surface area contributed by atoms with Crippen LogP contribution in [0.15, 0.2) is 0 Å². The third-order valence-corrected chi connectivity index (χ3v) is 7.01. The average molecular weight is 286 g/mol. The number of nitrogens with zero attached hydrogens (tertiary/aromatic N) is 1. The molecule has 5 heteroatoms. The molecule has 110 valence electrons. The van der Waals surface area contributed by atoms with Crippen molar-refractivity contribution in [2.75, 3.05) is 24.6 Å². The molecule has 0 aromatic rings. The Morgan fingerprint density at radius 3 is 2.37 bits per heavy atom. The number of nitrogens with one attached hydrogen (secondary N) is 1. The van der Waals surface area contributed by atoms with E-state index in [0.717, 1.165) is 19.5 Å². The highest BCUT2D eigenvalue weighted by Crippen LogP contribution is 2.37. The van der Waals surface area contributed by atoms with Crippen LogP contribution in [0.1, 0.15) is 39.0 Å². The second kappa shape index (κ2) is 5.34. The summed E-state index contributed by atoms with van der Waals surface area (Å²) in [6, 6.07) is 2.09. The molecule has 19 heavy (non-hydrogen) atoms. The zero-order valence-electron chi connectivity index (χ0n) is 11.8. The maximum Gasteiger partial charge on any atom is 0.150 e. The standard InChI is InChI=1S/C14H26N2O2S/c1-2-15-12-7-13-3-4-14(8-12)16(13)9-11-5-6-19(17,18)10-11/h11-15H,2-10H2,1H3. The van der Waals surface area contributed by atoms with E-state index in [1.807, 2.05) is 0 Å². The fourth-order valence-electron chi connectivity index (χ4n) is 4.34. The van der Waals surface area contributed by atoms with Crippen LogP contribution in [0.3, 0.4) is 0 Å². The van der Waals surface area contributed by atoms with Gasteiger partial charge in [0.1, 0.15) is 0 Å². The van der Waals surface area contributed by atoms with E-state index in [4.69, 9.17) is 0 Å². The Labute approximate surface area is 116 Å². The van der Waals surface area contributed by atoms with Crippen LogP contribution < -0.4 is 5.32 Å². The minimum atomic E-state index is -2.72. The molecule has 3 unspecified atom stereocenters. The summed E-state index contributed by atoms with van der Waals surface area (Å²) in [6.45, 7) is 4.26. The molecule has 0 aromatic carbocycles. The molecule has 0 spiro atoms. The zero-order valence-corrected chi connectivity index (χ0v) is 12.7. The van der Waals surface area contributed by atoms with Crippen LogP contribution in [0.25, 0.3) is 0 Å². The SMILES string of the molecule is CCNC1CC2CCC(C1)N2CC1CCS(=O)(=O)C1. The molecular weight excluding hydrogens is 260 g/mol. The van der Waals surface area contributed by atoms with Crippen LogP contribution in [0.4, 0.5) is 0 Å². The summed E-state index contributed by atoms with van der Waals surface area (Å²) in [5, 5.41) is 3.59. The lowest BCUT2D eigenvalue weighted by Gasteiger charge is -2.40. The topological polar surface area (TPSA) is 49.4 Å². The maximum atomic E-state index is 11.6. The minimum Gasteiger partial charge on any atom is -0.314 e. The van der Waals surface area contributed by atoms with E-state index < -0.39 is 9.84 Å². The summed E-state index contributed by atoms with van der Waals surface area (Å²) >= 11 is 0. The number of hydrogen-bond acceptors (Lipinski definition) is 4. The van der Waals surface area contributed by atoms with E-state index in [2.05, 4.69) is 17.1 Å². The van der Waals surface area contributed by atoms with Gasteiger partial charge in [0.25, 0.3) is 0 Å². The molecular formula is C14H26N2O2S. The number of sulfone groups is 1. The lowest BCUT2D eigenvalue weighted by Crippen LogP contribution is -2.50. The molecule has 1 N–H and O–H groups in total. The second-order valence-corrected chi connectivity index (χ2v) is 8.81. The van der Waals surface area contributed by atoms with E-state index in [-0.39, 0.29) is 0 Å². The monoisotopic (exact) mass is 286 g/mol. The number of rotatable bonds is 4. The molecule has 3 rings (SSSR count). The zero-order chi connectivity index (χ0) is 13.5. The Kier molecular flexibility index (Phi) is 3.89. The smallest absolute Gasteiger partial charge is 0.150 e. The van der Waals surface area contributed by atoms with Crippen molar-refractivity contribution in [2.24, 2.45) is 5.92 Å². The van der Waals surface area contributed by atoms with Gasteiger partial charge in [-0.15, -0.1) is 0 Å². The van der Waals surface area contributed by atoms with Gasteiger partial charge >= 0.3 is 0 Å². The molecule has 0 aromatic heterocycles. The molecule has 4 nitrogen and oxygen atoms in total. The molecule has 2 bridgehead atoms. The van der Waals surface area contributed by atoms with Crippen molar-refractivity contribution in [3.8, 4) is 0 Å². The van der Waals surface area contributed by atoms with Gasteiger partial charge in [0.05, 0.1) is 11.5 Å². The van der Waals surface area contributed by atoms with Gasteiger partial charge in [-0.1, -0.05) is 6.92 Å². The van der Waals surface area contributed by atoms with Gasteiger partial charge < -0.3 is 5.32 Å². The van der Waals surface area contributed by atoms with E-state index in [1.54, 1.807) is 0 Å². The summed E-state index contributed by atoms with van der Waals surface area (Å²) in [5.41, 5.74) is 0. The first-order valence-corrected chi connectivity index (χ1v) is 9.59. The van der Waals surface area contributed by atoms with Gasteiger partial charge in [-0.25, -0.2) is 8.42 Å². The van der Waals surface area contributed by atoms with Crippen LogP contribution in [0.5, 0.6) is 0 Å². The third kappa shape index (κ3) is 2.98. The van der Waals surface area contributed by atoms with Crippen molar-refractivity contribution >= 4 is 9.84 Å². The first kappa shape index (κ1) is 13.8. The van der Waals surface area contributed by atoms with Crippen molar-refractivity contribution in [3.63, 3.8) is 0 Å². The molecule has 3 saturated heterocycles. The normalized spacial score (nSPS) is 41.7. The van der Waals surface area contributed by atoms with Gasteiger partial charge in [-0.05, 0) is 44.6 Å². The highest BCUT2D eigenvalue weighted by molar-refractivity contribution is 7.91. The van der Waals surface area contributed by atoms with Crippen molar-refractivity contribution in [1.29, 1.82) is 0 Å². The largest absolute Gasteiger partial charge is 0.314 e. The quantitative estimate of drug-likeness (QED) is 0.838. The first-order valence-electron chi connectivity index (χ1n) is 7.77. The number of hydrogen-bond donors (Lipinski definition) is 1. The number of piperidine rings is 1. The molecule has 0 amide bonds. The highest BCUT2D eigenvalue weighted by Gasteiger charge is 2.42. The van der Waals surface area contributed by atoms with Crippen LogP contribution in [0, 0.1) is 5.92 Å². The Bertz CT molecular complexity index is 409. The van der Waals surface area contributed by atoms with Gasteiger partial charge in [0, 0.05) is 24.7 Å². The molecule has 0 saturated carbocycles. The first-order chi connectivity index (χ1) is 9.07. The average Bonchev–Trinajstić information content (AvgIpc) is 2.79. The van der Waals surface area contributed by atoms with E-state index in [0.29, 0.717) is 35.5 Å². The van der Waals surface area contributed by atoms with Crippen LogP contribution in [-0.4, -0.2) is 56.0 Å². The van der Waals surface area contributed by atoms with Crippen LogP contribution >= 0.6 is 0 Å². The molecule has 3 heterocycles.